The van der Waals surface area contributed by atoms with Crippen molar-refractivity contribution in [1.82, 2.24) is 19.8 Å². The van der Waals surface area contributed by atoms with Crippen LogP contribution >= 0.6 is 0 Å². The molecule has 3 heterocycles. The Morgan fingerprint density at radius 2 is 1.96 bits per heavy atom. The van der Waals surface area contributed by atoms with E-state index < -0.39 is 10.0 Å². The quantitative estimate of drug-likeness (QED) is 0.770. The molecule has 146 valence electrons. The number of piperazine rings is 1. The molecule has 0 spiro atoms. The van der Waals surface area contributed by atoms with Crippen LogP contribution in [0.5, 0.6) is 0 Å². The average Bonchev–Trinajstić information content (AvgIpc) is 3.01. The lowest BCUT2D eigenvalue weighted by Gasteiger charge is -2.35. The van der Waals surface area contributed by atoms with Crippen LogP contribution in [0.2, 0.25) is 0 Å². The average molecular weight is 393 g/mol. The lowest BCUT2D eigenvalue weighted by molar-refractivity contribution is -0.131. The second kappa shape index (κ2) is 8.05. The molecule has 2 aromatic heterocycles. The molecular weight excluding hydrogens is 370 g/mol. The van der Waals surface area contributed by atoms with Crippen LogP contribution in [0.25, 0.3) is 0 Å². The standard InChI is InChI=1S/C17H23N5O4S/c1-13-17(14(2)26-20-13)27(24,25)19-8-6-16(23)22-11-9-21(10-12-22)15-5-3-4-7-18-15/h3-5,7,19H,6,8-12H2,1-2H3. The molecule has 0 atom stereocenters. The lowest BCUT2D eigenvalue weighted by atomic mass is 10.2. The van der Waals surface area contributed by atoms with Crippen LogP contribution in [0.15, 0.2) is 33.8 Å². The number of aryl methyl sites for hydroxylation is 2. The topological polar surface area (TPSA) is 109 Å². The minimum atomic E-state index is -3.74. The Kier molecular flexibility index (Phi) is 5.76. The fourth-order valence-electron chi connectivity index (χ4n) is 3.11. The minimum Gasteiger partial charge on any atom is -0.360 e. The number of nitrogens with zero attached hydrogens (tertiary/aromatic N) is 4. The predicted molar refractivity (Wildman–Crippen MR) is 98.8 cm³/mol. The maximum Gasteiger partial charge on any atom is 0.245 e. The van der Waals surface area contributed by atoms with E-state index in [-0.39, 0.29) is 29.5 Å². The van der Waals surface area contributed by atoms with Gasteiger partial charge in [0.1, 0.15) is 16.4 Å². The molecule has 1 aliphatic rings. The van der Waals surface area contributed by atoms with Gasteiger partial charge in [-0.1, -0.05) is 11.2 Å². The van der Waals surface area contributed by atoms with Crippen LogP contribution in [0, 0.1) is 13.8 Å². The summed E-state index contributed by atoms with van der Waals surface area (Å²) < 4.78 is 32.0. The van der Waals surface area contributed by atoms with Gasteiger partial charge in [-0.05, 0) is 26.0 Å². The highest BCUT2D eigenvalue weighted by Crippen LogP contribution is 2.18. The summed E-state index contributed by atoms with van der Waals surface area (Å²) in [7, 11) is -3.74. The van der Waals surface area contributed by atoms with E-state index in [1.54, 1.807) is 24.9 Å². The number of hydrogen-bond donors (Lipinski definition) is 1. The molecule has 3 rings (SSSR count). The van der Waals surface area contributed by atoms with E-state index in [1.807, 2.05) is 18.2 Å². The molecule has 1 N–H and O–H groups in total. The number of hydrogen-bond acceptors (Lipinski definition) is 7. The summed E-state index contributed by atoms with van der Waals surface area (Å²) >= 11 is 0. The first-order valence-corrected chi connectivity index (χ1v) is 10.2. The summed E-state index contributed by atoms with van der Waals surface area (Å²) in [6.45, 7) is 5.73. The van der Waals surface area contributed by atoms with E-state index >= 15 is 0 Å². The molecule has 27 heavy (non-hydrogen) atoms. The van der Waals surface area contributed by atoms with Gasteiger partial charge in [0.25, 0.3) is 0 Å². The number of sulfonamides is 1. The van der Waals surface area contributed by atoms with Gasteiger partial charge in [-0.25, -0.2) is 18.1 Å². The normalized spacial score (nSPS) is 15.2. The highest BCUT2D eigenvalue weighted by Gasteiger charge is 2.25. The van der Waals surface area contributed by atoms with Crippen molar-refractivity contribution in [3.05, 3.63) is 35.9 Å². The van der Waals surface area contributed by atoms with Crippen molar-refractivity contribution >= 4 is 21.7 Å². The number of aromatic nitrogens is 2. The van der Waals surface area contributed by atoms with Crippen LogP contribution in [0.3, 0.4) is 0 Å². The number of carbonyl (C=O) groups is 1. The van der Waals surface area contributed by atoms with Gasteiger partial charge in [0.2, 0.25) is 15.9 Å². The number of nitrogens with one attached hydrogen (secondary N) is 1. The Labute approximate surface area is 158 Å². The van der Waals surface area contributed by atoms with E-state index in [0.717, 1.165) is 5.82 Å². The van der Waals surface area contributed by atoms with Gasteiger partial charge in [0.05, 0.1) is 0 Å². The smallest absolute Gasteiger partial charge is 0.245 e. The number of rotatable bonds is 6. The van der Waals surface area contributed by atoms with Crippen molar-refractivity contribution in [2.24, 2.45) is 0 Å². The van der Waals surface area contributed by atoms with Crippen LogP contribution in [0.1, 0.15) is 17.9 Å². The van der Waals surface area contributed by atoms with Crippen molar-refractivity contribution in [3.63, 3.8) is 0 Å². The van der Waals surface area contributed by atoms with Gasteiger partial charge in [0, 0.05) is 45.3 Å². The third-order valence-electron chi connectivity index (χ3n) is 4.47. The zero-order valence-electron chi connectivity index (χ0n) is 15.4. The van der Waals surface area contributed by atoms with Gasteiger partial charge in [-0.15, -0.1) is 0 Å². The van der Waals surface area contributed by atoms with Crippen molar-refractivity contribution in [1.29, 1.82) is 0 Å². The number of carbonyl (C=O) groups excluding carboxylic acids is 1. The van der Waals surface area contributed by atoms with E-state index in [0.29, 0.717) is 31.9 Å². The summed E-state index contributed by atoms with van der Waals surface area (Å²) in [5.74, 6) is 1.06. The maximum atomic E-state index is 12.4. The van der Waals surface area contributed by atoms with Crippen molar-refractivity contribution in [3.8, 4) is 0 Å². The Morgan fingerprint density at radius 3 is 2.56 bits per heavy atom. The van der Waals surface area contributed by atoms with Crippen molar-refractivity contribution < 1.29 is 17.7 Å². The van der Waals surface area contributed by atoms with Crippen LogP contribution in [-0.4, -0.2) is 62.1 Å². The first-order valence-electron chi connectivity index (χ1n) is 8.75. The van der Waals surface area contributed by atoms with Gasteiger partial charge in [-0.2, -0.15) is 0 Å². The van der Waals surface area contributed by atoms with Crippen LogP contribution in [0.4, 0.5) is 5.82 Å². The summed E-state index contributed by atoms with van der Waals surface area (Å²) in [6.07, 6.45) is 1.85. The molecule has 1 aliphatic heterocycles. The van der Waals surface area contributed by atoms with Crippen molar-refractivity contribution in [2.45, 2.75) is 25.2 Å². The molecule has 1 saturated heterocycles. The van der Waals surface area contributed by atoms with Gasteiger partial charge in [-0.3, -0.25) is 4.79 Å². The molecule has 0 saturated carbocycles. The Balaban J connectivity index is 1.48. The second-order valence-corrected chi connectivity index (χ2v) is 8.06. The Bertz CT molecular complexity index is 870. The zero-order chi connectivity index (χ0) is 19.4. The first-order chi connectivity index (χ1) is 12.9. The molecule has 1 fully saturated rings. The molecule has 10 heteroatoms. The Morgan fingerprint density at radius 1 is 1.22 bits per heavy atom. The Hall–Kier alpha value is -2.46. The molecule has 0 radical (unpaired) electrons. The zero-order valence-corrected chi connectivity index (χ0v) is 16.2. The second-order valence-electron chi connectivity index (χ2n) is 6.36. The van der Waals surface area contributed by atoms with E-state index in [1.165, 1.54) is 0 Å². The van der Waals surface area contributed by atoms with E-state index in [9.17, 15) is 13.2 Å². The fraction of sp³-hybridized carbons (Fsp3) is 0.471. The van der Waals surface area contributed by atoms with Gasteiger partial charge in [0.15, 0.2) is 5.76 Å². The molecule has 0 unspecified atom stereocenters. The predicted octanol–water partition coefficient (Wildman–Crippen LogP) is 0.704. The van der Waals surface area contributed by atoms with Gasteiger partial charge < -0.3 is 14.3 Å². The number of pyridine rings is 1. The monoisotopic (exact) mass is 393 g/mol. The fourth-order valence-corrected chi connectivity index (χ4v) is 4.46. The molecular formula is C17H23N5O4S. The molecule has 0 bridgehead atoms. The summed E-state index contributed by atoms with van der Waals surface area (Å²) in [5, 5.41) is 3.65. The largest absolute Gasteiger partial charge is 0.360 e. The highest BCUT2D eigenvalue weighted by molar-refractivity contribution is 7.89. The first kappa shape index (κ1) is 19.3. The third-order valence-corrected chi connectivity index (χ3v) is 6.18. The SMILES string of the molecule is Cc1noc(C)c1S(=O)(=O)NCCC(=O)N1CCN(c2ccccn2)CC1. The van der Waals surface area contributed by atoms with E-state index in [4.69, 9.17) is 4.52 Å². The van der Waals surface area contributed by atoms with Gasteiger partial charge >= 0.3 is 0 Å². The third kappa shape index (κ3) is 4.45. The van der Waals surface area contributed by atoms with Crippen molar-refractivity contribution in [2.75, 3.05) is 37.6 Å². The number of anilines is 1. The number of amides is 1. The highest BCUT2D eigenvalue weighted by atomic mass is 32.2. The maximum absolute atomic E-state index is 12.4. The summed E-state index contributed by atoms with van der Waals surface area (Å²) in [6, 6.07) is 5.75. The molecule has 0 aliphatic carbocycles. The van der Waals surface area contributed by atoms with E-state index in [2.05, 4.69) is 19.8 Å². The minimum absolute atomic E-state index is 0.0334. The molecule has 1 amide bonds. The molecule has 2 aromatic rings. The molecule has 9 nitrogen and oxygen atoms in total. The van der Waals surface area contributed by atoms with Crippen LogP contribution in [-0.2, 0) is 14.8 Å². The lowest BCUT2D eigenvalue weighted by Crippen LogP contribution is -2.49. The summed E-state index contributed by atoms with van der Waals surface area (Å²) in [5.41, 5.74) is 0.303. The summed E-state index contributed by atoms with van der Waals surface area (Å²) in [4.78, 5) is 20.6. The molecule has 0 aromatic carbocycles. The van der Waals surface area contributed by atoms with Crippen LogP contribution < -0.4 is 9.62 Å².